The van der Waals surface area contributed by atoms with Crippen molar-refractivity contribution in [2.45, 2.75) is 19.6 Å². The average molecular weight is 831 g/mol. The van der Waals surface area contributed by atoms with Crippen LogP contribution in [-0.4, -0.2) is 83.7 Å². The van der Waals surface area contributed by atoms with E-state index in [1.165, 1.54) is 42.5 Å². The van der Waals surface area contributed by atoms with E-state index in [2.05, 4.69) is 34.9 Å². The predicted octanol–water partition coefficient (Wildman–Crippen LogP) is 4.55. The Labute approximate surface area is 306 Å². The fourth-order valence-corrected chi connectivity index (χ4v) is 7.63. The summed E-state index contributed by atoms with van der Waals surface area (Å²) in [4.78, 5) is 3.85. The number of thioether (sulfide) groups is 1. The molecule has 0 fully saturated rings. The number of anilines is 1. The SMILES string of the molecule is CN(C)CCS(=O)(=O)c1cccc(N=Nc2c(S(=O)(=O)O)cc3c(N=Nc4ccc(SC#COOS(=O)(=O)O)cc4S(=O)(=O)O)c(N)ccc3c2O)c1. The number of sulfone groups is 1. The second-order valence-electron chi connectivity index (χ2n) is 10.7. The van der Waals surface area contributed by atoms with E-state index in [1.807, 2.05) is 0 Å². The summed E-state index contributed by atoms with van der Waals surface area (Å²) in [5, 5.41) is 28.5. The zero-order chi connectivity index (χ0) is 39.4. The molecule has 0 aliphatic heterocycles. The van der Waals surface area contributed by atoms with E-state index >= 15 is 0 Å². The number of nitrogen functional groups attached to an aromatic ring is 1. The molecule has 4 aromatic carbocycles. The quantitative estimate of drug-likeness (QED) is 0.0235. The van der Waals surface area contributed by atoms with Gasteiger partial charge in [-0.05, 0) is 84.8 Å². The summed E-state index contributed by atoms with van der Waals surface area (Å²) >= 11 is 0.579. The van der Waals surface area contributed by atoms with E-state index in [1.54, 1.807) is 25.1 Å². The minimum absolute atomic E-state index is 0.0332. The van der Waals surface area contributed by atoms with Gasteiger partial charge in [-0.15, -0.1) is 15.3 Å². The van der Waals surface area contributed by atoms with Crippen LogP contribution in [0.3, 0.4) is 0 Å². The van der Waals surface area contributed by atoms with Crippen molar-refractivity contribution >= 4 is 91.4 Å². The Hall–Kier alpha value is -4.75. The van der Waals surface area contributed by atoms with Crippen molar-refractivity contribution in [3.63, 3.8) is 0 Å². The second kappa shape index (κ2) is 16.1. The Bertz CT molecular complexity index is 2660. The molecule has 0 radical (unpaired) electrons. The van der Waals surface area contributed by atoms with Crippen molar-refractivity contribution in [3.05, 3.63) is 60.7 Å². The van der Waals surface area contributed by atoms with Gasteiger partial charge in [-0.1, -0.05) is 6.07 Å². The van der Waals surface area contributed by atoms with Gasteiger partial charge in [0.1, 0.15) is 26.9 Å². The summed E-state index contributed by atoms with van der Waals surface area (Å²) in [6.45, 7) is 0.240. The molecule has 0 atom stereocenters. The molecule has 53 heavy (non-hydrogen) atoms. The Morgan fingerprint density at radius 2 is 1.47 bits per heavy atom. The molecule has 6 N–H and O–H groups in total. The third kappa shape index (κ3) is 10.9. The summed E-state index contributed by atoms with van der Waals surface area (Å²) in [7, 11) is -15.4. The molecule has 0 aliphatic carbocycles. The predicted molar refractivity (Wildman–Crippen MR) is 189 cm³/mol. The molecular weight excluding hydrogens is 805 g/mol. The van der Waals surface area contributed by atoms with Crippen LogP contribution in [0.1, 0.15) is 0 Å². The number of azo groups is 2. The smallest absolute Gasteiger partial charge is 0.433 e. The fourth-order valence-electron chi connectivity index (χ4n) is 4.20. The molecular formula is C28H26N6O14S5. The van der Waals surface area contributed by atoms with E-state index in [9.17, 15) is 47.9 Å². The Morgan fingerprint density at radius 3 is 2.11 bits per heavy atom. The summed E-state index contributed by atoms with van der Waals surface area (Å²) in [5.41, 5.74) is 4.38. The standard InChI is InChI=1S/C28H26N6O14S5/c1-34(2)10-13-50(36,37)19-5-3-4-17(14-19)30-33-27-25(52(41,42)43)16-21-20(28(27)35)7-8-22(29)26(21)32-31-23-9-6-18(15-24(23)51(38,39)40)49-12-11-47-48-53(44,45)46/h3-9,14-16,35H,10,13,29H2,1-2H3,(H,38,39,40)(H,41,42,43)(H,44,45,46). The van der Waals surface area contributed by atoms with Gasteiger partial charge in [-0.3, -0.25) is 18.5 Å². The zero-order valence-corrected chi connectivity index (χ0v) is 31.0. The lowest BCUT2D eigenvalue weighted by Crippen LogP contribution is -2.21. The highest BCUT2D eigenvalue weighted by atomic mass is 32.3. The lowest BCUT2D eigenvalue weighted by molar-refractivity contribution is -0.135. The van der Waals surface area contributed by atoms with Crippen LogP contribution in [0.25, 0.3) is 10.8 Å². The van der Waals surface area contributed by atoms with Crippen LogP contribution < -0.4 is 5.73 Å². The third-order valence-electron chi connectivity index (χ3n) is 6.60. The van der Waals surface area contributed by atoms with E-state index < -0.39 is 67.4 Å². The first-order chi connectivity index (χ1) is 24.6. The average Bonchev–Trinajstić information content (AvgIpc) is 3.05. The number of phenolic OH excluding ortho intramolecular Hbond substituents is 1. The van der Waals surface area contributed by atoms with Crippen LogP contribution in [0.4, 0.5) is 28.4 Å². The van der Waals surface area contributed by atoms with Crippen LogP contribution in [0.2, 0.25) is 0 Å². The number of nitrogens with two attached hydrogens (primary N) is 1. The number of hydrogen-bond acceptors (Lipinski definition) is 18. The molecule has 0 heterocycles. The molecule has 0 saturated carbocycles. The highest BCUT2D eigenvalue weighted by Crippen LogP contribution is 2.46. The molecule has 0 bridgehead atoms. The Balaban J connectivity index is 1.77. The molecule has 4 aromatic rings. The van der Waals surface area contributed by atoms with Gasteiger partial charge in [0, 0.05) is 27.5 Å². The topological polar surface area (TPSA) is 315 Å². The molecule has 0 aliphatic rings. The minimum Gasteiger partial charge on any atom is -0.505 e. The van der Waals surface area contributed by atoms with Gasteiger partial charge < -0.3 is 15.7 Å². The summed E-state index contributed by atoms with van der Waals surface area (Å²) in [5.74, 6) is -1.02. The van der Waals surface area contributed by atoms with E-state index in [-0.39, 0.29) is 49.9 Å². The van der Waals surface area contributed by atoms with Crippen molar-refractivity contribution < 1.29 is 61.7 Å². The summed E-state index contributed by atoms with van der Waals surface area (Å²) in [6, 6.07) is 11.9. The normalized spacial score (nSPS) is 12.8. The monoisotopic (exact) mass is 830 g/mol. The molecule has 0 aromatic heterocycles. The minimum atomic E-state index is -5.16. The summed E-state index contributed by atoms with van der Waals surface area (Å²) < 4.78 is 128. The van der Waals surface area contributed by atoms with E-state index in [0.29, 0.717) is 11.8 Å². The summed E-state index contributed by atoms with van der Waals surface area (Å²) in [6.07, 6.45) is 1.75. The lowest BCUT2D eigenvalue weighted by Gasteiger charge is -2.12. The first-order valence-electron chi connectivity index (χ1n) is 14.0. The van der Waals surface area contributed by atoms with E-state index in [4.69, 9.17) is 10.3 Å². The highest BCUT2D eigenvalue weighted by molar-refractivity contribution is 8.04. The Morgan fingerprint density at radius 1 is 0.792 bits per heavy atom. The number of phenols is 1. The zero-order valence-electron chi connectivity index (χ0n) is 26.9. The van der Waals surface area contributed by atoms with Crippen LogP contribution in [0.5, 0.6) is 5.75 Å². The van der Waals surface area contributed by atoms with Crippen LogP contribution in [0.15, 0.2) is 101 Å². The maximum Gasteiger partial charge on any atom is 0.433 e. The van der Waals surface area contributed by atoms with Gasteiger partial charge in [0.2, 0.25) is 0 Å². The van der Waals surface area contributed by atoms with Gasteiger partial charge in [-0.2, -0.15) is 30.4 Å². The first kappa shape index (κ1) is 41.0. The van der Waals surface area contributed by atoms with Gasteiger partial charge in [0.15, 0.2) is 21.7 Å². The first-order valence-corrected chi connectivity index (χ1v) is 20.8. The van der Waals surface area contributed by atoms with Crippen molar-refractivity contribution in [1.82, 2.24) is 4.90 Å². The van der Waals surface area contributed by atoms with Gasteiger partial charge in [0.05, 0.1) is 22.0 Å². The van der Waals surface area contributed by atoms with Gasteiger partial charge >= 0.3 is 10.4 Å². The van der Waals surface area contributed by atoms with Crippen molar-refractivity contribution in [1.29, 1.82) is 0 Å². The largest absolute Gasteiger partial charge is 0.505 e. The molecule has 4 rings (SSSR count). The molecule has 20 nitrogen and oxygen atoms in total. The van der Waals surface area contributed by atoms with Crippen LogP contribution >= 0.6 is 11.8 Å². The molecule has 25 heteroatoms. The molecule has 0 spiro atoms. The van der Waals surface area contributed by atoms with Crippen LogP contribution in [-0.2, 0) is 49.7 Å². The maximum absolute atomic E-state index is 12.8. The number of hydrogen-bond donors (Lipinski definition) is 5. The van der Waals surface area contributed by atoms with Crippen molar-refractivity contribution in [2.24, 2.45) is 20.5 Å². The van der Waals surface area contributed by atoms with Crippen molar-refractivity contribution in [2.75, 3.05) is 32.1 Å². The molecule has 0 unspecified atom stereocenters. The number of rotatable bonds is 13. The van der Waals surface area contributed by atoms with Crippen LogP contribution in [0, 0.1) is 11.4 Å². The third-order valence-corrected chi connectivity index (χ3v) is 11.0. The molecule has 282 valence electrons. The lowest BCUT2D eigenvalue weighted by atomic mass is 10.1. The van der Waals surface area contributed by atoms with Crippen molar-refractivity contribution in [3.8, 4) is 17.1 Å². The number of benzene rings is 4. The highest BCUT2D eigenvalue weighted by Gasteiger charge is 2.25. The number of nitrogens with zero attached hydrogens (tertiary/aromatic N) is 5. The molecule has 0 amide bonds. The molecule has 0 saturated heterocycles. The Kier molecular flexibility index (Phi) is 12.5. The van der Waals surface area contributed by atoms with Gasteiger partial charge in [0.25, 0.3) is 20.2 Å². The van der Waals surface area contributed by atoms with Gasteiger partial charge in [-0.25, -0.2) is 8.42 Å². The number of fused-ring (bicyclic) bond motifs is 1. The second-order valence-corrected chi connectivity index (χ2v) is 17.4. The maximum atomic E-state index is 12.8. The fraction of sp³-hybridized carbons (Fsp3) is 0.143. The number of aromatic hydroxyl groups is 1. The van der Waals surface area contributed by atoms with E-state index in [0.717, 1.165) is 18.2 Å².